The van der Waals surface area contributed by atoms with Crippen molar-refractivity contribution in [2.24, 2.45) is 16.8 Å². The molecule has 122 valence electrons. The molecule has 2 atom stereocenters. The fourth-order valence-electron chi connectivity index (χ4n) is 2.52. The molecule has 0 bridgehead atoms. The van der Waals surface area contributed by atoms with E-state index in [4.69, 9.17) is 11.6 Å². The van der Waals surface area contributed by atoms with Gasteiger partial charge in [0.25, 0.3) is 0 Å². The summed E-state index contributed by atoms with van der Waals surface area (Å²) in [7, 11) is 1.70. The van der Waals surface area contributed by atoms with E-state index in [0.717, 1.165) is 11.4 Å². The van der Waals surface area contributed by atoms with Crippen molar-refractivity contribution in [2.75, 3.05) is 15.9 Å². The molecule has 2 unspecified atom stereocenters. The molecule has 0 saturated carbocycles. The van der Waals surface area contributed by atoms with Gasteiger partial charge < -0.3 is 0 Å². The molecular weight excluding hydrogens is 525 g/mol. The Morgan fingerprint density at radius 2 is 2.14 bits per heavy atom. The number of rotatable bonds is 5. The van der Waals surface area contributed by atoms with Crippen molar-refractivity contribution in [3.8, 4) is 0 Å². The van der Waals surface area contributed by atoms with Gasteiger partial charge in [-0.2, -0.15) is 0 Å². The van der Waals surface area contributed by atoms with Crippen LogP contribution in [0.15, 0.2) is 40.1 Å². The summed E-state index contributed by atoms with van der Waals surface area (Å²) in [6.07, 6.45) is 6.17. The predicted molar refractivity (Wildman–Crippen MR) is 97.5 cm³/mol. The molecule has 1 aliphatic carbocycles. The Labute approximate surface area is 161 Å². The fourth-order valence-corrected chi connectivity index (χ4v) is 5.40. The Balaban J connectivity index is 2.23. The molecule has 3 nitrogen and oxygen atoms in total. The van der Waals surface area contributed by atoms with Crippen LogP contribution in [0.25, 0.3) is 0 Å². The molecule has 0 aromatic carbocycles. The monoisotopic (exact) mass is 545 g/mol. The van der Waals surface area contributed by atoms with Gasteiger partial charge in [-0.15, -0.1) is 0 Å². The molecule has 1 heterocycles. The molecule has 1 aliphatic heterocycles. The fraction of sp³-hybridized carbons (Fsp3) is 0.500. The van der Waals surface area contributed by atoms with E-state index < -0.39 is 0 Å². The van der Waals surface area contributed by atoms with Crippen LogP contribution in [0.3, 0.4) is 0 Å². The van der Waals surface area contributed by atoms with Crippen molar-refractivity contribution >= 4 is 46.0 Å². The SMILES string of the molecule is CN=C(C)C(C(=O)C1C=CC(C2C[I-]C2)=CC1Cl)=C(C)NI. The second-order valence-corrected chi connectivity index (χ2v) is 9.34. The molecule has 6 heteroatoms. The van der Waals surface area contributed by atoms with Gasteiger partial charge in [0.05, 0.1) is 0 Å². The van der Waals surface area contributed by atoms with E-state index in [2.05, 4.69) is 20.7 Å². The van der Waals surface area contributed by atoms with E-state index in [-0.39, 0.29) is 17.1 Å². The standard InChI is InChI=1S/C16H20ClI2N2O/c1-9(20-3)15(10(2)21-18)16(22)13-5-4-11(6-14(13)17)12-7-19-8-12/h4-6,12-14,21H,7-8H2,1-3H3/q-1. The van der Waals surface area contributed by atoms with E-state index in [1.807, 2.05) is 42.8 Å². The van der Waals surface area contributed by atoms with Crippen molar-refractivity contribution in [2.45, 2.75) is 19.2 Å². The number of carbonyl (C=O) groups excluding carboxylic acids is 1. The Bertz CT molecular complexity index is 577. The molecule has 2 rings (SSSR count). The average molecular weight is 546 g/mol. The van der Waals surface area contributed by atoms with Crippen molar-refractivity contribution in [1.82, 2.24) is 3.53 Å². The maximum atomic E-state index is 12.9. The molecule has 22 heavy (non-hydrogen) atoms. The van der Waals surface area contributed by atoms with Gasteiger partial charge in [-0.1, -0.05) is 0 Å². The predicted octanol–water partition coefficient (Wildman–Crippen LogP) is 0.298. The quantitative estimate of drug-likeness (QED) is 0.178. The summed E-state index contributed by atoms with van der Waals surface area (Å²) in [4.78, 5) is 17.1. The third-order valence-electron chi connectivity index (χ3n) is 4.02. The molecule has 1 fully saturated rings. The molecule has 0 aromatic heterocycles. The number of hydrogen-bond donors (Lipinski definition) is 1. The topological polar surface area (TPSA) is 41.5 Å². The minimum absolute atomic E-state index is 0.0392. The first-order valence-electron chi connectivity index (χ1n) is 7.12. The van der Waals surface area contributed by atoms with E-state index in [0.29, 0.717) is 32.7 Å². The van der Waals surface area contributed by atoms with Gasteiger partial charge in [-0.25, -0.2) is 0 Å². The summed E-state index contributed by atoms with van der Waals surface area (Å²) in [5.74, 6) is 0.414. The zero-order valence-electron chi connectivity index (χ0n) is 12.9. The van der Waals surface area contributed by atoms with Gasteiger partial charge in [-0.05, 0) is 0 Å². The van der Waals surface area contributed by atoms with E-state index in [9.17, 15) is 4.79 Å². The van der Waals surface area contributed by atoms with E-state index in [1.54, 1.807) is 7.05 Å². The van der Waals surface area contributed by atoms with Gasteiger partial charge in [0, 0.05) is 0 Å². The summed E-state index contributed by atoms with van der Waals surface area (Å²) in [5, 5.41) is -0.270. The summed E-state index contributed by atoms with van der Waals surface area (Å²) in [6.45, 7) is 3.75. The van der Waals surface area contributed by atoms with Crippen LogP contribution in [-0.2, 0) is 4.79 Å². The van der Waals surface area contributed by atoms with Crippen LogP contribution in [0.5, 0.6) is 0 Å². The minimum atomic E-state index is -0.313. The molecule has 0 aromatic rings. The van der Waals surface area contributed by atoms with Crippen LogP contribution in [0.2, 0.25) is 0 Å². The first-order chi connectivity index (χ1) is 10.5. The number of ketones is 1. The van der Waals surface area contributed by atoms with Gasteiger partial charge in [0.2, 0.25) is 0 Å². The number of halogens is 3. The number of Topliss-reactive ketones (excluding diaryl/α,β-unsaturated/α-hetero) is 1. The van der Waals surface area contributed by atoms with Crippen molar-refractivity contribution in [3.63, 3.8) is 0 Å². The molecule has 0 radical (unpaired) electrons. The van der Waals surface area contributed by atoms with Crippen molar-refractivity contribution in [1.29, 1.82) is 0 Å². The summed E-state index contributed by atoms with van der Waals surface area (Å²) in [6, 6.07) is 0. The number of alkyl halides is 3. The van der Waals surface area contributed by atoms with Gasteiger partial charge in [0.1, 0.15) is 0 Å². The molecule has 1 N–H and O–H groups in total. The first-order valence-corrected chi connectivity index (χ1v) is 11.7. The van der Waals surface area contributed by atoms with Gasteiger partial charge in [-0.3, -0.25) is 0 Å². The average Bonchev–Trinajstić information content (AvgIpc) is 2.45. The number of nitrogens with zero attached hydrogens (tertiary/aromatic N) is 1. The Kier molecular flexibility index (Phi) is 6.94. The van der Waals surface area contributed by atoms with Crippen LogP contribution < -0.4 is 24.7 Å². The van der Waals surface area contributed by atoms with Crippen LogP contribution in [0.1, 0.15) is 13.8 Å². The van der Waals surface area contributed by atoms with Crippen molar-refractivity contribution < 1.29 is 26.0 Å². The van der Waals surface area contributed by atoms with Crippen LogP contribution in [0, 0.1) is 11.8 Å². The number of allylic oxidation sites excluding steroid dienone is 6. The number of hydrogen-bond acceptors (Lipinski definition) is 3. The first kappa shape index (κ1) is 18.4. The normalized spacial score (nSPS) is 27.3. The Morgan fingerprint density at radius 1 is 1.45 bits per heavy atom. The Hall–Kier alpha value is 0.110. The molecule has 1 saturated heterocycles. The molecular formula is C16H20ClI2N2O-. The summed E-state index contributed by atoms with van der Waals surface area (Å²) < 4.78 is 5.73. The van der Waals surface area contributed by atoms with Crippen molar-refractivity contribution in [3.05, 3.63) is 35.1 Å². The number of aliphatic imine (C=N–C) groups is 1. The van der Waals surface area contributed by atoms with Crippen LogP contribution in [0.4, 0.5) is 0 Å². The number of nitrogens with one attached hydrogen (secondary N) is 1. The van der Waals surface area contributed by atoms with Crippen LogP contribution in [-0.4, -0.2) is 32.8 Å². The zero-order valence-corrected chi connectivity index (χ0v) is 17.9. The Morgan fingerprint density at radius 3 is 2.59 bits per heavy atom. The van der Waals surface area contributed by atoms with E-state index >= 15 is 0 Å². The number of carbonyl (C=O) groups is 1. The maximum absolute atomic E-state index is 12.9. The van der Waals surface area contributed by atoms with Gasteiger partial charge >= 0.3 is 163 Å². The summed E-state index contributed by atoms with van der Waals surface area (Å²) in [5.41, 5.74) is 3.53. The third-order valence-corrected chi connectivity index (χ3v) is 8.59. The zero-order chi connectivity index (χ0) is 16.3. The van der Waals surface area contributed by atoms with E-state index in [1.165, 1.54) is 14.4 Å². The summed E-state index contributed by atoms with van der Waals surface area (Å²) >= 11 is 8.99. The molecule has 0 spiro atoms. The second-order valence-electron chi connectivity index (χ2n) is 5.46. The molecule has 0 amide bonds. The third kappa shape index (κ3) is 3.95. The second kappa shape index (κ2) is 8.28. The van der Waals surface area contributed by atoms with Crippen LogP contribution >= 0.6 is 34.5 Å². The van der Waals surface area contributed by atoms with Gasteiger partial charge in [0.15, 0.2) is 0 Å². The molecule has 2 aliphatic rings.